The summed E-state index contributed by atoms with van der Waals surface area (Å²) in [6.45, 7) is 1.47. The van der Waals surface area contributed by atoms with Crippen LogP contribution in [0.3, 0.4) is 0 Å². The number of ketones is 1. The third-order valence-electron chi connectivity index (χ3n) is 4.08. The van der Waals surface area contributed by atoms with Gasteiger partial charge in [-0.3, -0.25) is 19.4 Å². The van der Waals surface area contributed by atoms with Gasteiger partial charge in [0.1, 0.15) is 0 Å². The van der Waals surface area contributed by atoms with Gasteiger partial charge in [0.05, 0.1) is 22.8 Å². The van der Waals surface area contributed by atoms with Crippen LogP contribution in [0.4, 0.5) is 11.4 Å². The molecule has 0 bridgehead atoms. The smallest absolute Gasteiger partial charge is 0.257 e. The first-order chi connectivity index (χ1) is 14.0. The number of hydrogen-bond acceptors (Lipinski definition) is 5. The lowest BCUT2D eigenvalue weighted by molar-refractivity contribution is 0.101. The van der Waals surface area contributed by atoms with Gasteiger partial charge < -0.3 is 10.6 Å². The van der Waals surface area contributed by atoms with Crippen molar-refractivity contribution in [1.29, 1.82) is 5.26 Å². The van der Waals surface area contributed by atoms with Crippen LogP contribution in [0.15, 0.2) is 67.0 Å². The maximum absolute atomic E-state index is 12.5. The zero-order chi connectivity index (χ0) is 20.8. The second-order valence-corrected chi connectivity index (χ2v) is 6.19. The number of carbonyl (C=O) groups is 3. The zero-order valence-electron chi connectivity index (χ0n) is 15.5. The van der Waals surface area contributed by atoms with E-state index in [1.807, 2.05) is 6.07 Å². The van der Waals surface area contributed by atoms with Gasteiger partial charge in [0.15, 0.2) is 5.78 Å². The fourth-order valence-electron chi connectivity index (χ4n) is 2.51. The number of amides is 2. The molecule has 0 atom stereocenters. The Morgan fingerprint density at radius 1 is 0.793 bits per heavy atom. The molecule has 142 valence electrons. The number of anilines is 2. The van der Waals surface area contributed by atoms with Crippen molar-refractivity contribution in [3.63, 3.8) is 0 Å². The van der Waals surface area contributed by atoms with E-state index in [9.17, 15) is 14.4 Å². The third kappa shape index (κ3) is 4.90. The number of nitriles is 1. The van der Waals surface area contributed by atoms with Crippen LogP contribution in [0.25, 0.3) is 0 Å². The normalized spacial score (nSPS) is 9.93. The first kappa shape index (κ1) is 19.5. The van der Waals surface area contributed by atoms with E-state index in [4.69, 9.17) is 5.26 Å². The van der Waals surface area contributed by atoms with Gasteiger partial charge in [-0.25, -0.2) is 0 Å². The Kier molecular flexibility index (Phi) is 5.76. The largest absolute Gasteiger partial charge is 0.322 e. The van der Waals surface area contributed by atoms with Crippen LogP contribution in [0.5, 0.6) is 0 Å². The highest BCUT2D eigenvalue weighted by molar-refractivity contribution is 6.08. The lowest BCUT2D eigenvalue weighted by atomic mass is 10.1. The number of rotatable bonds is 5. The third-order valence-corrected chi connectivity index (χ3v) is 4.08. The highest BCUT2D eigenvalue weighted by Crippen LogP contribution is 2.14. The predicted molar refractivity (Wildman–Crippen MR) is 108 cm³/mol. The molecule has 2 aromatic carbocycles. The van der Waals surface area contributed by atoms with Gasteiger partial charge in [0, 0.05) is 29.3 Å². The molecule has 0 aliphatic rings. The van der Waals surface area contributed by atoms with Crippen molar-refractivity contribution in [3.8, 4) is 6.07 Å². The molecule has 2 amide bonds. The first-order valence-electron chi connectivity index (χ1n) is 8.65. The van der Waals surface area contributed by atoms with Crippen LogP contribution in [0.2, 0.25) is 0 Å². The Balaban J connectivity index is 1.70. The quantitative estimate of drug-likeness (QED) is 0.652. The maximum Gasteiger partial charge on any atom is 0.257 e. The molecular formula is C22H16N4O3. The van der Waals surface area contributed by atoms with Crippen molar-refractivity contribution < 1.29 is 14.4 Å². The van der Waals surface area contributed by atoms with Crippen LogP contribution in [0.1, 0.15) is 43.6 Å². The fraction of sp³-hybridized carbons (Fsp3) is 0.0455. The molecule has 0 aliphatic heterocycles. The molecule has 0 unspecified atom stereocenters. The monoisotopic (exact) mass is 384 g/mol. The van der Waals surface area contributed by atoms with Gasteiger partial charge in [-0.1, -0.05) is 0 Å². The first-order valence-corrected chi connectivity index (χ1v) is 8.65. The van der Waals surface area contributed by atoms with Crippen LogP contribution in [-0.4, -0.2) is 22.6 Å². The molecular weight excluding hydrogens is 368 g/mol. The van der Waals surface area contributed by atoms with Crippen molar-refractivity contribution in [3.05, 3.63) is 89.2 Å². The van der Waals surface area contributed by atoms with Crippen LogP contribution < -0.4 is 10.6 Å². The number of nitrogens with zero attached hydrogens (tertiary/aromatic N) is 2. The summed E-state index contributed by atoms with van der Waals surface area (Å²) < 4.78 is 0. The summed E-state index contributed by atoms with van der Waals surface area (Å²) in [5.41, 5.74) is 2.51. The number of nitrogens with one attached hydrogen (secondary N) is 2. The minimum atomic E-state index is -0.430. The number of carbonyl (C=O) groups excluding carboxylic acids is 3. The summed E-state index contributed by atoms with van der Waals surface area (Å²) in [7, 11) is 0. The van der Waals surface area contributed by atoms with Gasteiger partial charge >= 0.3 is 0 Å². The van der Waals surface area contributed by atoms with Crippen LogP contribution in [0, 0.1) is 11.3 Å². The molecule has 0 aliphatic carbocycles. The van der Waals surface area contributed by atoms with E-state index < -0.39 is 11.8 Å². The van der Waals surface area contributed by atoms with Crippen LogP contribution >= 0.6 is 0 Å². The Morgan fingerprint density at radius 2 is 1.28 bits per heavy atom. The SMILES string of the molecule is CC(=O)c1ccc(NC(=O)c2cncc(C(=O)Nc3ccc(C#N)cc3)c2)cc1. The topological polar surface area (TPSA) is 112 Å². The molecule has 3 aromatic rings. The van der Waals surface area contributed by atoms with Crippen molar-refractivity contribution in [2.24, 2.45) is 0 Å². The van der Waals surface area contributed by atoms with E-state index in [0.717, 1.165) is 0 Å². The summed E-state index contributed by atoms with van der Waals surface area (Å²) in [4.78, 5) is 40.2. The predicted octanol–water partition coefficient (Wildman–Crippen LogP) is 3.66. The van der Waals surface area contributed by atoms with Crippen molar-refractivity contribution in [2.75, 3.05) is 10.6 Å². The van der Waals surface area contributed by atoms with Crippen LogP contribution in [-0.2, 0) is 0 Å². The molecule has 0 saturated carbocycles. The summed E-state index contributed by atoms with van der Waals surface area (Å²) in [5.74, 6) is -0.920. The molecule has 0 radical (unpaired) electrons. The molecule has 7 heteroatoms. The Bertz CT molecular complexity index is 1110. The lowest BCUT2D eigenvalue weighted by Gasteiger charge is -2.08. The second-order valence-electron chi connectivity index (χ2n) is 6.19. The molecule has 2 N–H and O–H groups in total. The average molecular weight is 384 g/mol. The second kappa shape index (κ2) is 8.59. The lowest BCUT2D eigenvalue weighted by Crippen LogP contribution is -2.16. The average Bonchev–Trinajstić information content (AvgIpc) is 2.74. The zero-order valence-corrected chi connectivity index (χ0v) is 15.5. The van der Waals surface area contributed by atoms with Gasteiger partial charge in [-0.05, 0) is 61.5 Å². The molecule has 0 fully saturated rings. The van der Waals surface area contributed by atoms with E-state index >= 15 is 0 Å². The van der Waals surface area contributed by atoms with Gasteiger partial charge in [-0.15, -0.1) is 0 Å². The van der Waals surface area contributed by atoms with Crippen molar-refractivity contribution >= 4 is 29.0 Å². The Morgan fingerprint density at radius 3 is 1.72 bits per heavy atom. The molecule has 1 aromatic heterocycles. The number of benzene rings is 2. The molecule has 0 saturated heterocycles. The van der Waals surface area contributed by atoms with Crippen molar-refractivity contribution in [2.45, 2.75) is 6.92 Å². The summed E-state index contributed by atoms with van der Waals surface area (Å²) in [5, 5.41) is 14.2. The van der Waals surface area contributed by atoms with Gasteiger partial charge in [-0.2, -0.15) is 5.26 Å². The van der Waals surface area contributed by atoms with Gasteiger partial charge in [0.25, 0.3) is 11.8 Å². The standard InChI is InChI=1S/C22H16N4O3/c1-14(27)16-4-8-20(9-5-16)26-22(29)18-10-17(12-24-13-18)21(28)25-19-6-2-15(11-23)3-7-19/h2-10,12-13H,1H3,(H,25,28)(H,26,29). The minimum absolute atomic E-state index is 0.0620. The summed E-state index contributed by atoms with van der Waals surface area (Å²) >= 11 is 0. The molecule has 0 spiro atoms. The Labute approximate surface area is 167 Å². The maximum atomic E-state index is 12.5. The minimum Gasteiger partial charge on any atom is -0.322 e. The number of Topliss-reactive ketones (excluding diaryl/α,β-unsaturated/α-hetero) is 1. The molecule has 1 heterocycles. The van der Waals surface area contributed by atoms with Gasteiger partial charge in [0.2, 0.25) is 0 Å². The van der Waals surface area contributed by atoms with E-state index in [1.165, 1.54) is 25.4 Å². The highest BCUT2D eigenvalue weighted by Gasteiger charge is 2.12. The summed E-state index contributed by atoms with van der Waals surface area (Å²) in [6.07, 6.45) is 2.72. The highest BCUT2D eigenvalue weighted by atomic mass is 16.2. The van der Waals surface area contributed by atoms with E-state index in [2.05, 4.69) is 15.6 Å². The van der Waals surface area contributed by atoms with Crippen molar-refractivity contribution in [1.82, 2.24) is 4.98 Å². The number of pyridine rings is 1. The number of aromatic nitrogens is 1. The Hall–Kier alpha value is -4.31. The van der Waals surface area contributed by atoms with E-state index in [1.54, 1.807) is 48.5 Å². The fourth-order valence-corrected chi connectivity index (χ4v) is 2.51. The molecule has 7 nitrogen and oxygen atoms in total. The van der Waals surface area contributed by atoms with E-state index in [0.29, 0.717) is 22.5 Å². The molecule has 29 heavy (non-hydrogen) atoms. The molecule has 3 rings (SSSR count). The summed E-state index contributed by atoms with van der Waals surface area (Å²) in [6, 6.07) is 16.4. The number of hydrogen-bond donors (Lipinski definition) is 2. The van der Waals surface area contributed by atoms with E-state index in [-0.39, 0.29) is 16.9 Å².